The molecule has 0 saturated heterocycles. The summed E-state index contributed by atoms with van der Waals surface area (Å²) in [5.74, 6) is 0.582. The Morgan fingerprint density at radius 2 is 2.29 bits per heavy atom. The van der Waals surface area contributed by atoms with Crippen LogP contribution in [0.25, 0.3) is 16.8 Å². The molecule has 4 N–H and O–H groups in total. The number of H-pyrrole nitrogens is 1. The van der Waals surface area contributed by atoms with Crippen molar-refractivity contribution in [3.63, 3.8) is 0 Å². The summed E-state index contributed by atoms with van der Waals surface area (Å²) in [5.41, 5.74) is 7.85. The number of aliphatic hydroxyl groups excluding tert-OH is 1. The van der Waals surface area contributed by atoms with Gasteiger partial charge < -0.3 is 15.8 Å². The number of nitrogens with two attached hydrogens (primary N) is 1. The topological polar surface area (TPSA) is 118 Å². The van der Waals surface area contributed by atoms with Crippen LogP contribution in [0.2, 0.25) is 0 Å². The Bertz CT molecular complexity index is 658. The van der Waals surface area contributed by atoms with Crippen LogP contribution in [0.3, 0.4) is 0 Å². The number of hydrogen-bond acceptors (Lipinski definition) is 6. The quantitative estimate of drug-likeness (QED) is 0.555. The van der Waals surface area contributed by atoms with Crippen molar-refractivity contribution in [2.75, 3.05) is 6.61 Å². The Morgan fingerprint density at radius 1 is 1.41 bits per heavy atom. The standard InChI is InChI=1S/C9H11N7O/c10-5(1-2-17)8-14-15-9-6-7(12-3-11-6)13-4-16(8)9/h3-5,17H,1-2,10H2,(H,11,12). The number of fused-ring (bicyclic) bond motifs is 3. The summed E-state index contributed by atoms with van der Waals surface area (Å²) in [6, 6.07) is -0.364. The SMILES string of the molecule is NC(CCO)c1nnc2c3[nH]cnc3ncn12. The molecule has 0 amide bonds. The van der Waals surface area contributed by atoms with E-state index in [4.69, 9.17) is 10.8 Å². The third kappa shape index (κ3) is 1.46. The van der Waals surface area contributed by atoms with Gasteiger partial charge in [0, 0.05) is 6.61 Å². The molecule has 0 bridgehead atoms. The number of aromatic amines is 1. The minimum atomic E-state index is -0.364. The first kappa shape index (κ1) is 10.1. The summed E-state index contributed by atoms with van der Waals surface area (Å²) in [5, 5.41) is 17.0. The van der Waals surface area contributed by atoms with E-state index in [0.717, 1.165) is 5.52 Å². The molecule has 0 aliphatic rings. The maximum Gasteiger partial charge on any atom is 0.189 e. The fourth-order valence-electron chi connectivity index (χ4n) is 1.77. The molecule has 1 atom stereocenters. The van der Waals surface area contributed by atoms with Crippen LogP contribution in [0, 0.1) is 0 Å². The molecule has 3 aromatic rings. The molecule has 0 aliphatic carbocycles. The van der Waals surface area contributed by atoms with Crippen LogP contribution in [0.4, 0.5) is 0 Å². The fourth-order valence-corrected chi connectivity index (χ4v) is 1.77. The number of nitrogens with zero attached hydrogens (tertiary/aromatic N) is 5. The Balaban J connectivity index is 2.21. The van der Waals surface area contributed by atoms with Crippen LogP contribution in [0.1, 0.15) is 18.3 Å². The Kier molecular flexibility index (Phi) is 2.23. The minimum absolute atomic E-state index is 0.00973. The third-order valence-corrected chi connectivity index (χ3v) is 2.63. The highest BCUT2D eigenvalue weighted by molar-refractivity contribution is 5.84. The van der Waals surface area contributed by atoms with Gasteiger partial charge in [0.25, 0.3) is 0 Å². The van der Waals surface area contributed by atoms with Gasteiger partial charge in [-0.25, -0.2) is 9.97 Å². The smallest absolute Gasteiger partial charge is 0.189 e. The first-order valence-electron chi connectivity index (χ1n) is 5.20. The van der Waals surface area contributed by atoms with Crippen molar-refractivity contribution < 1.29 is 5.11 Å². The van der Waals surface area contributed by atoms with Crippen LogP contribution in [-0.2, 0) is 0 Å². The summed E-state index contributed by atoms with van der Waals surface area (Å²) in [4.78, 5) is 11.2. The van der Waals surface area contributed by atoms with Gasteiger partial charge in [-0.3, -0.25) is 4.40 Å². The van der Waals surface area contributed by atoms with E-state index in [1.807, 2.05) is 0 Å². The lowest BCUT2D eigenvalue weighted by molar-refractivity contribution is 0.274. The molecule has 0 aliphatic heterocycles. The van der Waals surface area contributed by atoms with E-state index in [2.05, 4.69) is 25.1 Å². The van der Waals surface area contributed by atoms with E-state index in [0.29, 0.717) is 23.5 Å². The Labute approximate surface area is 95.5 Å². The summed E-state index contributed by atoms with van der Waals surface area (Å²) in [7, 11) is 0. The van der Waals surface area contributed by atoms with E-state index in [-0.39, 0.29) is 12.6 Å². The molecule has 0 saturated carbocycles. The molecule has 8 heteroatoms. The van der Waals surface area contributed by atoms with Crippen molar-refractivity contribution in [1.82, 2.24) is 29.5 Å². The number of hydrogen-bond donors (Lipinski definition) is 3. The number of aliphatic hydroxyl groups is 1. The summed E-state index contributed by atoms with van der Waals surface area (Å²) >= 11 is 0. The molecule has 17 heavy (non-hydrogen) atoms. The number of nitrogens with one attached hydrogen (secondary N) is 1. The zero-order valence-electron chi connectivity index (χ0n) is 8.91. The molecule has 1 unspecified atom stereocenters. The van der Waals surface area contributed by atoms with Gasteiger partial charge in [0.05, 0.1) is 12.4 Å². The van der Waals surface area contributed by atoms with Crippen molar-refractivity contribution in [1.29, 1.82) is 0 Å². The fraction of sp³-hybridized carbons (Fsp3) is 0.333. The van der Waals surface area contributed by atoms with Gasteiger partial charge in [-0.05, 0) is 6.42 Å². The van der Waals surface area contributed by atoms with E-state index >= 15 is 0 Å². The Hall–Kier alpha value is -2.06. The maximum atomic E-state index is 8.88. The van der Waals surface area contributed by atoms with Crippen LogP contribution in [0.15, 0.2) is 12.7 Å². The second-order valence-electron chi connectivity index (χ2n) is 3.72. The normalized spacial score (nSPS) is 13.5. The summed E-state index contributed by atoms with van der Waals surface area (Å²) < 4.78 is 1.71. The molecular weight excluding hydrogens is 222 g/mol. The van der Waals surface area contributed by atoms with Crippen LogP contribution in [0.5, 0.6) is 0 Å². The largest absolute Gasteiger partial charge is 0.396 e. The van der Waals surface area contributed by atoms with Crippen LogP contribution in [-0.4, -0.2) is 41.3 Å². The molecule has 0 spiro atoms. The lowest BCUT2D eigenvalue weighted by Gasteiger charge is -2.06. The first-order valence-corrected chi connectivity index (χ1v) is 5.20. The predicted octanol–water partition coefficient (Wildman–Crippen LogP) is -0.617. The van der Waals surface area contributed by atoms with Crippen molar-refractivity contribution in [3.8, 4) is 0 Å². The summed E-state index contributed by atoms with van der Waals surface area (Å²) in [6.07, 6.45) is 3.58. The van der Waals surface area contributed by atoms with Gasteiger partial charge in [0.2, 0.25) is 0 Å². The third-order valence-electron chi connectivity index (χ3n) is 2.63. The van der Waals surface area contributed by atoms with Gasteiger partial charge in [0.15, 0.2) is 17.1 Å². The first-order chi connectivity index (χ1) is 8.31. The molecule has 0 fully saturated rings. The molecule has 3 heterocycles. The van der Waals surface area contributed by atoms with Crippen LogP contribution >= 0.6 is 0 Å². The molecular formula is C9H11N7O. The molecule has 3 rings (SSSR count). The number of imidazole rings is 1. The molecule has 0 aromatic carbocycles. The number of aromatic nitrogens is 6. The van der Waals surface area contributed by atoms with Gasteiger partial charge in [-0.2, -0.15) is 0 Å². The molecule has 8 nitrogen and oxygen atoms in total. The van der Waals surface area contributed by atoms with Gasteiger partial charge in [-0.15, -0.1) is 10.2 Å². The van der Waals surface area contributed by atoms with E-state index < -0.39 is 0 Å². The highest BCUT2D eigenvalue weighted by Gasteiger charge is 2.16. The molecule has 0 radical (unpaired) electrons. The second-order valence-corrected chi connectivity index (χ2v) is 3.72. The highest BCUT2D eigenvalue weighted by Crippen LogP contribution is 2.17. The maximum absolute atomic E-state index is 8.88. The summed E-state index contributed by atoms with van der Waals surface area (Å²) in [6.45, 7) is 0.00973. The average Bonchev–Trinajstić information content (AvgIpc) is 2.94. The van der Waals surface area contributed by atoms with Crippen molar-refractivity contribution in [3.05, 3.63) is 18.5 Å². The van der Waals surface area contributed by atoms with E-state index in [1.165, 1.54) is 0 Å². The average molecular weight is 233 g/mol. The number of rotatable bonds is 3. The van der Waals surface area contributed by atoms with E-state index in [1.54, 1.807) is 17.1 Å². The van der Waals surface area contributed by atoms with Crippen molar-refractivity contribution in [2.45, 2.75) is 12.5 Å². The van der Waals surface area contributed by atoms with Gasteiger partial charge >= 0.3 is 0 Å². The van der Waals surface area contributed by atoms with Gasteiger partial charge in [0.1, 0.15) is 11.8 Å². The van der Waals surface area contributed by atoms with Crippen molar-refractivity contribution in [2.24, 2.45) is 5.73 Å². The monoisotopic (exact) mass is 233 g/mol. The lowest BCUT2D eigenvalue weighted by Crippen LogP contribution is -2.15. The Morgan fingerprint density at radius 3 is 3.12 bits per heavy atom. The van der Waals surface area contributed by atoms with Gasteiger partial charge in [-0.1, -0.05) is 0 Å². The second kappa shape index (κ2) is 3.75. The molecule has 88 valence electrons. The lowest BCUT2D eigenvalue weighted by atomic mass is 10.2. The van der Waals surface area contributed by atoms with E-state index in [9.17, 15) is 0 Å². The minimum Gasteiger partial charge on any atom is -0.396 e. The molecule has 3 aromatic heterocycles. The van der Waals surface area contributed by atoms with Crippen molar-refractivity contribution >= 4 is 16.8 Å². The highest BCUT2D eigenvalue weighted by atomic mass is 16.3. The van der Waals surface area contributed by atoms with Crippen LogP contribution < -0.4 is 5.73 Å². The predicted molar refractivity (Wildman–Crippen MR) is 59.1 cm³/mol. The zero-order chi connectivity index (χ0) is 11.8. The zero-order valence-corrected chi connectivity index (χ0v) is 8.91.